The summed E-state index contributed by atoms with van der Waals surface area (Å²) < 4.78 is 37.4. The molecular weight excluding hydrogens is 249 g/mol. The van der Waals surface area contributed by atoms with E-state index in [1.165, 1.54) is 12.1 Å². The number of nitrogens with zero attached hydrogens (tertiary/aromatic N) is 1. The summed E-state index contributed by atoms with van der Waals surface area (Å²) in [5.74, 6) is -0.894. The summed E-state index contributed by atoms with van der Waals surface area (Å²) >= 11 is 0. The van der Waals surface area contributed by atoms with Gasteiger partial charge in [0.1, 0.15) is 0 Å². The molecule has 1 aliphatic heterocycles. The third-order valence-corrected chi connectivity index (χ3v) is 2.48. The number of anilines is 1. The third-order valence-electron chi connectivity index (χ3n) is 2.48. The van der Waals surface area contributed by atoms with Crippen LogP contribution in [0.25, 0.3) is 0 Å². The lowest BCUT2D eigenvalue weighted by Gasteiger charge is -2.17. The van der Waals surface area contributed by atoms with Crippen LogP contribution in [0, 0.1) is 0 Å². The van der Waals surface area contributed by atoms with Gasteiger partial charge in [-0.25, -0.2) is 0 Å². The molecule has 0 atom stereocenters. The second-order valence-corrected chi connectivity index (χ2v) is 3.81. The Kier molecular flexibility index (Phi) is 2.98. The van der Waals surface area contributed by atoms with Gasteiger partial charge in [0.05, 0.1) is 11.3 Å². The number of alkyl halides is 3. The number of hydrogen-bond donors (Lipinski definition) is 1. The van der Waals surface area contributed by atoms with Gasteiger partial charge in [0.2, 0.25) is 11.8 Å². The van der Waals surface area contributed by atoms with Crippen molar-refractivity contribution in [3.05, 3.63) is 29.8 Å². The Balaban J connectivity index is 2.20. The summed E-state index contributed by atoms with van der Waals surface area (Å²) in [6, 6.07) is 4.32. The first kappa shape index (κ1) is 12.4. The van der Waals surface area contributed by atoms with Crippen molar-refractivity contribution in [3.8, 4) is 0 Å². The molecule has 96 valence electrons. The van der Waals surface area contributed by atoms with Crippen molar-refractivity contribution in [2.24, 2.45) is 0 Å². The number of nitrogens with one attached hydrogen (secondary N) is 1. The molecule has 0 spiro atoms. The minimum Gasteiger partial charge on any atom is -0.289 e. The molecule has 2 amide bonds. The molecule has 0 aliphatic carbocycles. The quantitative estimate of drug-likeness (QED) is 0.827. The fourth-order valence-corrected chi connectivity index (χ4v) is 1.60. The van der Waals surface area contributed by atoms with Gasteiger partial charge in [0, 0.05) is 12.8 Å². The van der Waals surface area contributed by atoms with Crippen molar-refractivity contribution >= 4 is 17.5 Å². The number of carbonyl (C=O) groups is 2. The molecule has 1 saturated heterocycles. The summed E-state index contributed by atoms with van der Waals surface area (Å²) in [5, 5.41) is 0.746. The van der Waals surface area contributed by atoms with Crippen LogP contribution < -0.4 is 5.43 Å². The van der Waals surface area contributed by atoms with Crippen molar-refractivity contribution in [2.75, 3.05) is 5.43 Å². The smallest absolute Gasteiger partial charge is 0.289 e. The predicted octanol–water partition coefficient (Wildman–Crippen LogP) is 2.18. The van der Waals surface area contributed by atoms with Crippen LogP contribution >= 0.6 is 0 Å². The maximum absolute atomic E-state index is 12.5. The van der Waals surface area contributed by atoms with E-state index in [1.54, 1.807) is 0 Å². The molecule has 0 aromatic heterocycles. The molecule has 4 nitrogen and oxygen atoms in total. The van der Waals surface area contributed by atoms with Crippen molar-refractivity contribution in [1.82, 2.24) is 5.01 Å². The Hall–Kier alpha value is -2.05. The van der Waals surface area contributed by atoms with Gasteiger partial charge >= 0.3 is 6.18 Å². The Morgan fingerprint density at radius 3 is 2.28 bits per heavy atom. The molecule has 7 heteroatoms. The van der Waals surface area contributed by atoms with Gasteiger partial charge in [0.25, 0.3) is 0 Å². The number of hydrogen-bond acceptors (Lipinski definition) is 3. The van der Waals surface area contributed by atoms with E-state index < -0.39 is 23.6 Å². The molecule has 1 fully saturated rings. The molecule has 2 rings (SSSR count). The van der Waals surface area contributed by atoms with Crippen LogP contribution in [-0.4, -0.2) is 16.8 Å². The fraction of sp³-hybridized carbons (Fsp3) is 0.273. The molecule has 1 aromatic carbocycles. The monoisotopic (exact) mass is 258 g/mol. The predicted molar refractivity (Wildman–Crippen MR) is 56.2 cm³/mol. The largest absolute Gasteiger partial charge is 0.416 e. The number of halogens is 3. The lowest BCUT2D eigenvalue weighted by Crippen LogP contribution is -2.34. The van der Waals surface area contributed by atoms with Crippen molar-refractivity contribution in [3.63, 3.8) is 0 Å². The molecule has 0 radical (unpaired) electrons. The van der Waals surface area contributed by atoms with Crippen molar-refractivity contribution in [1.29, 1.82) is 0 Å². The lowest BCUT2D eigenvalue weighted by atomic mass is 10.2. The normalized spacial score (nSPS) is 16.3. The molecule has 0 unspecified atom stereocenters. The average Bonchev–Trinajstić information content (AvgIpc) is 2.60. The maximum Gasteiger partial charge on any atom is 0.416 e. The number of carbonyl (C=O) groups excluding carboxylic acids is 2. The lowest BCUT2D eigenvalue weighted by molar-refractivity contribution is -0.137. The average molecular weight is 258 g/mol. The SMILES string of the molecule is O=C1CCC(=O)N1Nc1cccc(C(F)(F)F)c1. The zero-order chi connectivity index (χ0) is 13.3. The zero-order valence-electron chi connectivity index (χ0n) is 9.12. The van der Waals surface area contributed by atoms with Gasteiger partial charge in [0.15, 0.2) is 0 Å². The summed E-state index contributed by atoms with van der Waals surface area (Å²) in [4.78, 5) is 22.6. The minimum atomic E-state index is -4.46. The number of rotatable bonds is 2. The Bertz CT molecular complexity index is 483. The molecule has 1 aromatic rings. The van der Waals surface area contributed by atoms with Crippen molar-refractivity contribution < 1.29 is 22.8 Å². The highest BCUT2D eigenvalue weighted by molar-refractivity contribution is 6.02. The van der Waals surface area contributed by atoms with Crippen LogP contribution in [0.15, 0.2) is 24.3 Å². The highest BCUT2D eigenvalue weighted by Crippen LogP contribution is 2.31. The highest BCUT2D eigenvalue weighted by atomic mass is 19.4. The molecular formula is C11H9F3N2O2. The first-order chi connectivity index (χ1) is 8.38. The first-order valence-corrected chi connectivity index (χ1v) is 5.17. The van der Waals surface area contributed by atoms with Gasteiger partial charge in [-0.1, -0.05) is 6.07 Å². The van der Waals surface area contributed by atoms with Gasteiger partial charge in [-0.05, 0) is 18.2 Å². The van der Waals surface area contributed by atoms with E-state index in [-0.39, 0.29) is 18.5 Å². The molecule has 0 bridgehead atoms. The van der Waals surface area contributed by atoms with E-state index in [4.69, 9.17) is 0 Å². The van der Waals surface area contributed by atoms with E-state index in [0.29, 0.717) is 0 Å². The zero-order valence-corrected chi connectivity index (χ0v) is 9.12. The second kappa shape index (κ2) is 4.32. The maximum atomic E-state index is 12.5. The summed E-state index contributed by atoms with van der Waals surface area (Å²) in [6.07, 6.45) is -4.31. The Morgan fingerprint density at radius 2 is 1.72 bits per heavy atom. The van der Waals surface area contributed by atoms with Gasteiger partial charge in [-0.2, -0.15) is 18.2 Å². The van der Waals surface area contributed by atoms with Crippen LogP contribution in [0.3, 0.4) is 0 Å². The van der Waals surface area contributed by atoms with Gasteiger partial charge in [-0.15, -0.1) is 0 Å². The van der Waals surface area contributed by atoms with Crippen LogP contribution in [0.2, 0.25) is 0 Å². The molecule has 0 saturated carbocycles. The van der Waals surface area contributed by atoms with E-state index >= 15 is 0 Å². The number of amides is 2. The topological polar surface area (TPSA) is 49.4 Å². The number of benzene rings is 1. The van der Waals surface area contributed by atoms with E-state index in [1.807, 2.05) is 0 Å². The van der Waals surface area contributed by atoms with Gasteiger partial charge in [-0.3, -0.25) is 15.0 Å². The summed E-state index contributed by atoms with van der Waals surface area (Å²) in [5.41, 5.74) is 1.60. The van der Waals surface area contributed by atoms with Crippen LogP contribution in [0.1, 0.15) is 18.4 Å². The van der Waals surface area contributed by atoms with E-state index in [0.717, 1.165) is 17.1 Å². The third kappa shape index (κ3) is 2.44. The standard InChI is InChI=1S/C11H9F3N2O2/c12-11(13,14)7-2-1-3-8(6-7)15-16-9(17)4-5-10(16)18/h1-3,6,15H,4-5H2. The second-order valence-electron chi connectivity index (χ2n) is 3.81. The highest BCUT2D eigenvalue weighted by Gasteiger charge is 2.32. The number of imide groups is 1. The van der Waals surface area contributed by atoms with Gasteiger partial charge < -0.3 is 0 Å². The summed E-state index contributed by atoms with van der Waals surface area (Å²) in [6.45, 7) is 0. The van der Waals surface area contributed by atoms with Crippen LogP contribution in [0.4, 0.5) is 18.9 Å². The fourth-order valence-electron chi connectivity index (χ4n) is 1.60. The number of hydrazine groups is 1. The van der Waals surface area contributed by atoms with Crippen LogP contribution in [0.5, 0.6) is 0 Å². The minimum absolute atomic E-state index is 0.0495. The van der Waals surface area contributed by atoms with Crippen LogP contribution in [-0.2, 0) is 15.8 Å². The molecule has 18 heavy (non-hydrogen) atoms. The summed E-state index contributed by atoms with van der Waals surface area (Å²) in [7, 11) is 0. The molecule has 1 heterocycles. The van der Waals surface area contributed by atoms with Crippen molar-refractivity contribution in [2.45, 2.75) is 19.0 Å². The molecule has 1 N–H and O–H groups in total. The Morgan fingerprint density at radius 1 is 1.11 bits per heavy atom. The molecule has 1 aliphatic rings. The Labute approximate surface area is 100 Å². The first-order valence-electron chi connectivity index (χ1n) is 5.17. The van der Waals surface area contributed by atoms with E-state index in [9.17, 15) is 22.8 Å². The van der Waals surface area contributed by atoms with E-state index in [2.05, 4.69) is 5.43 Å².